The molecule has 1 aliphatic heterocycles. The summed E-state index contributed by atoms with van der Waals surface area (Å²) in [6.07, 6.45) is 2.35. The highest BCUT2D eigenvalue weighted by molar-refractivity contribution is 7.21. The zero-order chi connectivity index (χ0) is 20.9. The smallest absolute Gasteiger partial charge is 0.346 e. The second kappa shape index (κ2) is 7.22. The van der Waals surface area contributed by atoms with Crippen LogP contribution < -0.4 is 15.6 Å². The molecule has 2 aromatic heterocycles. The highest BCUT2D eigenvalue weighted by Crippen LogP contribution is 2.32. The van der Waals surface area contributed by atoms with Gasteiger partial charge in [-0.2, -0.15) is 0 Å². The largest absolute Gasteiger partial charge is 0.872 e. The molecule has 0 spiro atoms. The average Bonchev–Trinajstić information content (AvgIpc) is 3.13. The van der Waals surface area contributed by atoms with E-state index in [0.717, 1.165) is 35.1 Å². The zero-order valence-electron chi connectivity index (χ0n) is 17.2. The first kappa shape index (κ1) is 19.3. The van der Waals surface area contributed by atoms with Crippen molar-refractivity contribution >= 4 is 32.5 Å². The Bertz CT molecular complexity index is 1270. The van der Waals surface area contributed by atoms with Crippen molar-refractivity contribution in [2.75, 3.05) is 13.1 Å². The predicted octanol–water partition coefficient (Wildman–Crippen LogP) is 3.35. The van der Waals surface area contributed by atoms with Gasteiger partial charge in [0.1, 0.15) is 17.1 Å². The van der Waals surface area contributed by atoms with Crippen LogP contribution >= 0.6 is 11.3 Å². The van der Waals surface area contributed by atoms with Crippen molar-refractivity contribution in [2.45, 2.75) is 33.2 Å². The third-order valence-electron chi connectivity index (χ3n) is 6.03. The molecule has 0 saturated carbocycles. The van der Waals surface area contributed by atoms with Gasteiger partial charge in [-0.25, -0.2) is 9.78 Å². The molecule has 5 rings (SSSR count). The van der Waals surface area contributed by atoms with Gasteiger partial charge in [0.05, 0.1) is 28.9 Å². The summed E-state index contributed by atoms with van der Waals surface area (Å²) in [4.78, 5) is 18.8. The van der Waals surface area contributed by atoms with Gasteiger partial charge in [0.25, 0.3) is 0 Å². The molecule has 3 heterocycles. The molecule has 0 radical (unpaired) electrons. The van der Waals surface area contributed by atoms with Crippen LogP contribution in [0.1, 0.15) is 32.3 Å². The first-order valence-electron chi connectivity index (χ1n) is 10.4. The summed E-state index contributed by atoms with van der Waals surface area (Å²) in [6, 6.07) is 13.0. The number of quaternary nitrogens is 1. The number of para-hydroxylation sites is 1. The van der Waals surface area contributed by atoms with E-state index in [1.165, 1.54) is 22.7 Å². The van der Waals surface area contributed by atoms with Crippen molar-refractivity contribution in [1.82, 2.24) is 4.98 Å². The summed E-state index contributed by atoms with van der Waals surface area (Å²) in [5, 5.41) is 14.1. The zero-order valence-corrected chi connectivity index (χ0v) is 18.0. The quantitative estimate of drug-likeness (QED) is 0.516. The van der Waals surface area contributed by atoms with Crippen molar-refractivity contribution in [3.63, 3.8) is 0 Å². The molecule has 0 bridgehead atoms. The molecule has 154 valence electrons. The Hall–Kier alpha value is -2.70. The van der Waals surface area contributed by atoms with Gasteiger partial charge in [0, 0.05) is 16.4 Å². The minimum atomic E-state index is -0.442. The van der Waals surface area contributed by atoms with Crippen LogP contribution in [0.3, 0.4) is 0 Å². The van der Waals surface area contributed by atoms with E-state index in [-0.39, 0.29) is 11.2 Å². The predicted molar refractivity (Wildman–Crippen MR) is 118 cm³/mol. The minimum Gasteiger partial charge on any atom is -0.872 e. The number of rotatable bonds is 3. The number of aromatic nitrogens is 1. The number of thiazole rings is 1. The fourth-order valence-corrected chi connectivity index (χ4v) is 5.57. The molecule has 0 aliphatic carbocycles. The van der Waals surface area contributed by atoms with E-state index in [9.17, 15) is 9.90 Å². The van der Waals surface area contributed by atoms with Gasteiger partial charge in [-0.15, -0.1) is 11.3 Å². The van der Waals surface area contributed by atoms with E-state index in [2.05, 4.69) is 18.8 Å². The summed E-state index contributed by atoms with van der Waals surface area (Å²) in [5.74, 6) is -0.0609. The van der Waals surface area contributed by atoms with E-state index in [1.807, 2.05) is 30.3 Å². The maximum absolute atomic E-state index is 12.9. The monoisotopic (exact) mass is 420 g/mol. The van der Waals surface area contributed by atoms with Crippen molar-refractivity contribution in [3.05, 3.63) is 58.4 Å². The van der Waals surface area contributed by atoms with Crippen molar-refractivity contribution in [1.29, 1.82) is 0 Å². The van der Waals surface area contributed by atoms with E-state index in [4.69, 9.17) is 4.42 Å². The molecule has 1 unspecified atom stereocenters. The van der Waals surface area contributed by atoms with Crippen molar-refractivity contribution < 1.29 is 14.4 Å². The Morgan fingerprint density at radius 3 is 2.87 bits per heavy atom. The lowest BCUT2D eigenvalue weighted by Crippen LogP contribution is -3.13. The maximum Gasteiger partial charge on any atom is 0.346 e. The summed E-state index contributed by atoms with van der Waals surface area (Å²) in [7, 11) is 0. The molecular weight excluding hydrogens is 396 g/mol. The highest BCUT2D eigenvalue weighted by Gasteiger charge is 2.30. The SMILES string of the molecule is CC1(C)CCC[NH+](Cc2c([O-])ccc3cc(-c4nc5ccccc5s4)c(=O)oc23)C1. The topological polar surface area (TPSA) is 70.6 Å². The Balaban J connectivity index is 1.57. The van der Waals surface area contributed by atoms with Crippen LogP contribution in [0.5, 0.6) is 5.75 Å². The lowest BCUT2D eigenvalue weighted by molar-refractivity contribution is -0.925. The van der Waals surface area contributed by atoms with Crippen molar-refractivity contribution in [2.24, 2.45) is 5.41 Å². The summed E-state index contributed by atoms with van der Waals surface area (Å²) >= 11 is 1.47. The molecule has 30 heavy (non-hydrogen) atoms. The molecular formula is C24H24N2O3S. The second-order valence-corrected chi connectivity index (χ2v) is 10.0. The fourth-order valence-electron chi connectivity index (χ4n) is 4.60. The Morgan fingerprint density at radius 2 is 2.07 bits per heavy atom. The van der Waals surface area contributed by atoms with Crippen LogP contribution in [-0.4, -0.2) is 18.1 Å². The van der Waals surface area contributed by atoms with E-state index in [0.29, 0.717) is 28.3 Å². The van der Waals surface area contributed by atoms with Crippen LogP contribution in [0.25, 0.3) is 31.8 Å². The first-order valence-corrected chi connectivity index (χ1v) is 11.2. The Morgan fingerprint density at radius 1 is 1.23 bits per heavy atom. The number of fused-ring (bicyclic) bond motifs is 2. The third kappa shape index (κ3) is 3.50. The van der Waals surface area contributed by atoms with Gasteiger partial charge < -0.3 is 14.4 Å². The summed E-state index contributed by atoms with van der Waals surface area (Å²) < 4.78 is 6.77. The van der Waals surface area contributed by atoms with E-state index < -0.39 is 5.63 Å². The molecule has 4 aromatic rings. The standard InChI is InChI=1S/C24H24N2O3S/c1-24(2)10-5-11-26(14-24)13-17-19(27)9-8-15-12-16(23(28)29-21(15)17)22-25-18-6-3-4-7-20(18)30-22/h3-4,6-9,12,27H,5,10-11,13-14H2,1-2H3. The van der Waals surface area contributed by atoms with Crippen molar-refractivity contribution in [3.8, 4) is 16.3 Å². The maximum atomic E-state index is 12.9. The molecule has 1 N–H and O–H groups in total. The van der Waals surface area contributed by atoms with Crippen LogP contribution in [0.2, 0.25) is 0 Å². The number of likely N-dealkylation sites (tertiary alicyclic amines) is 1. The number of hydrogen-bond acceptors (Lipinski definition) is 5. The van der Waals surface area contributed by atoms with Crippen LogP contribution in [0.15, 0.2) is 51.7 Å². The van der Waals surface area contributed by atoms with Gasteiger partial charge in [-0.3, -0.25) is 0 Å². The molecule has 1 saturated heterocycles. The lowest BCUT2D eigenvalue weighted by Gasteiger charge is -2.35. The van der Waals surface area contributed by atoms with Gasteiger partial charge >= 0.3 is 5.63 Å². The second-order valence-electron chi connectivity index (χ2n) is 9.02. The highest BCUT2D eigenvalue weighted by atomic mass is 32.1. The molecule has 6 heteroatoms. The number of benzene rings is 2. The summed E-state index contributed by atoms with van der Waals surface area (Å²) in [5.41, 5.74) is 2.16. The first-order chi connectivity index (χ1) is 14.4. The minimum absolute atomic E-state index is 0.0609. The number of nitrogens with one attached hydrogen (secondary N) is 1. The number of nitrogens with zero attached hydrogens (tertiary/aromatic N) is 1. The van der Waals surface area contributed by atoms with E-state index >= 15 is 0 Å². The molecule has 1 atom stereocenters. The summed E-state index contributed by atoms with van der Waals surface area (Å²) in [6.45, 7) is 7.18. The Kier molecular flexibility index (Phi) is 4.64. The molecule has 2 aromatic carbocycles. The third-order valence-corrected chi connectivity index (χ3v) is 7.10. The number of hydrogen-bond donors (Lipinski definition) is 1. The lowest BCUT2D eigenvalue weighted by atomic mass is 9.84. The Labute approximate surface area is 178 Å². The fraction of sp³-hybridized carbons (Fsp3) is 0.333. The molecule has 5 nitrogen and oxygen atoms in total. The average molecular weight is 421 g/mol. The number of piperidine rings is 1. The van der Waals surface area contributed by atoms with Crippen LogP contribution in [-0.2, 0) is 6.54 Å². The van der Waals surface area contributed by atoms with Crippen LogP contribution in [0, 0.1) is 5.41 Å². The van der Waals surface area contributed by atoms with Gasteiger partial charge in [-0.1, -0.05) is 43.9 Å². The van der Waals surface area contributed by atoms with Crippen LogP contribution in [0.4, 0.5) is 0 Å². The van der Waals surface area contributed by atoms with Gasteiger partial charge in [0.2, 0.25) is 0 Å². The van der Waals surface area contributed by atoms with E-state index in [1.54, 1.807) is 12.1 Å². The normalized spacial score (nSPS) is 18.8. The molecule has 1 fully saturated rings. The molecule has 0 amide bonds. The van der Waals surface area contributed by atoms with Gasteiger partial charge in [-0.05, 0) is 31.0 Å². The molecule has 1 aliphatic rings. The van der Waals surface area contributed by atoms with Gasteiger partial charge in [0.15, 0.2) is 0 Å².